The Kier molecular flexibility index (Phi) is 5.26. The van der Waals surface area contributed by atoms with Crippen LogP contribution in [0.4, 0.5) is 4.79 Å². The highest BCUT2D eigenvalue weighted by Crippen LogP contribution is 2.20. The van der Waals surface area contributed by atoms with Crippen LogP contribution in [0.3, 0.4) is 0 Å². The minimum absolute atomic E-state index is 0.0201. The molecule has 140 valence electrons. The monoisotopic (exact) mass is 378 g/mol. The van der Waals surface area contributed by atoms with Gasteiger partial charge in [0.15, 0.2) is 9.84 Å². The van der Waals surface area contributed by atoms with E-state index in [1.165, 1.54) is 0 Å². The van der Waals surface area contributed by atoms with Crippen LogP contribution >= 0.6 is 0 Å². The fourth-order valence-corrected chi connectivity index (χ4v) is 4.83. The summed E-state index contributed by atoms with van der Waals surface area (Å²) in [5, 5.41) is 6.69. The number of sulfone groups is 1. The van der Waals surface area contributed by atoms with E-state index >= 15 is 0 Å². The first kappa shape index (κ1) is 18.4. The molecule has 3 rings (SSSR count). The van der Waals surface area contributed by atoms with Gasteiger partial charge in [-0.05, 0) is 25.8 Å². The Morgan fingerprint density at radius 2 is 2.15 bits per heavy atom. The zero-order valence-corrected chi connectivity index (χ0v) is 15.6. The Morgan fingerprint density at radius 1 is 1.38 bits per heavy atom. The number of amides is 2. The molecule has 2 heterocycles. The Hall–Kier alpha value is -2.42. The normalized spacial score (nSPS) is 18.6. The summed E-state index contributed by atoms with van der Waals surface area (Å²) in [5.74, 6) is 0.922. The smallest absolute Gasteiger partial charge is 0.318 e. The molecule has 1 aliphatic rings. The summed E-state index contributed by atoms with van der Waals surface area (Å²) in [6, 6.07) is 7.09. The van der Waals surface area contributed by atoms with Crippen molar-refractivity contribution in [3.8, 4) is 11.4 Å². The number of carbonyl (C=O) groups excluding carboxylic acids is 1. The highest BCUT2D eigenvalue weighted by molar-refractivity contribution is 7.91. The molecule has 8 nitrogen and oxygen atoms in total. The van der Waals surface area contributed by atoms with Crippen molar-refractivity contribution in [2.75, 3.05) is 18.1 Å². The zero-order chi connectivity index (χ0) is 18.7. The van der Waals surface area contributed by atoms with Gasteiger partial charge >= 0.3 is 6.03 Å². The van der Waals surface area contributed by atoms with Crippen LogP contribution in [-0.4, -0.2) is 53.6 Å². The van der Waals surface area contributed by atoms with Crippen molar-refractivity contribution < 1.29 is 17.7 Å². The second kappa shape index (κ2) is 7.45. The SMILES string of the molecule is CCN(C(=O)NCc1nc(-c2ccccc2C)no1)C1CCS(=O)(=O)C1. The first-order valence-electron chi connectivity index (χ1n) is 8.53. The quantitative estimate of drug-likeness (QED) is 0.850. The minimum atomic E-state index is -3.05. The number of nitrogens with one attached hydrogen (secondary N) is 1. The number of nitrogens with zero attached hydrogens (tertiary/aromatic N) is 3. The van der Waals surface area contributed by atoms with Gasteiger partial charge in [0.2, 0.25) is 11.7 Å². The molecule has 2 aromatic rings. The molecule has 0 aliphatic carbocycles. The number of carbonyl (C=O) groups is 1. The number of urea groups is 1. The van der Waals surface area contributed by atoms with Crippen molar-refractivity contribution in [2.45, 2.75) is 32.9 Å². The third-order valence-electron chi connectivity index (χ3n) is 4.50. The largest absolute Gasteiger partial charge is 0.337 e. The molecule has 1 N–H and O–H groups in total. The number of benzene rings is 1. The van der Waals surface area contributed by atoms with Gasteiger partial charge in [0, 0.05) is 18.2 Å². The molecule has 1 aromatic carbocycles. The molecule has 1 unspecified atom stereocenters. The van der Waals surface area contributed by atoms with Crippen molar-refractivity contribution >= 4 is 15.9 Å². The van der Waals surface area contributed by atoms with E-state index in [-0.39, 0.29) is 30.1 Å². The average Bonchev–Trinajstić information content (AvgIpc) is 3.21. The van der Waals surface area contributed by atoms with Gasteiger partial charge in [0.25, 0.3) is 0 Å². The summed E-state index contributed by atoms with van der Waals surface area (Å²) in [5.41, 5.74) is 1.91. The van der Waals surface area contributed by atoms with Crippen LogP contribution in [0.15, 0.2) is 28.8 Å². The van der Waals surface area contributed by atoms with Crippen molar-refractivity contribution in [3.05, 3.63) is 35.7 Å². The zero-order valence-electron chi connectivity index (χ0n) is 14.8. The van der Waals surface area contributed by atoms with Crippen molar-refractivity contribution in [1.82, 2.24) is 20.4 Å². The van der Waals surface area contributed by atoms with Gasteiger partial charge < -0.3 is 14.7 Å². The van der Waals surface area contributed by atoms with Crippen LogP contribution in [0.2, 0.25) is 0 Å². The van der Waals surface area contributed by atoms with Crippen LogP contribution in [-0.2, 0) is 16.4 Å². The third kappa shape index (κ3) is 4.04. The second-order valence-corrected chi connectivity index (χ2v) is 8.56. The maximum atomic E-state index is 12.4. The molecule has 0 radical (unpaired) electrons. The minimum Gasteiger partial charge on any atom is -0.337 e. The Labute approximate surface area is 152 Å². The molecular weight excluding hydrogens is 356 g/mol. The van der Waals surface area contributed by atoms with Gasteiger partial charge in [-0.2, -0.15) is 4.98 Å². The molecule has 0 bridgehead atoms. The van der Waals surface area contributed by atoms with Crippen LogP contribution in [0.1, 0.15) is 24.8 Å². The molecular formula is C17H22N4O4S. The van der Waals surface area contributed by atoms with Gasteiger partial charge in [0.1, 0.15) is 0 Å². The average molecular weight is 378 g/mol. The van der Waals surface area contributed by atoms with E-state index in [1.807, 2.05) is 38.1 Å². The topological polar surface area (TPSA) is 105 Å². The first-order chi connectivity index (χ1) is 12.4. The molecule has 1 fully saturated rings. The number of aromatic nitrogens is 2. The summed E-state index contributed by atoms with van der Waals surface area (Å²) in [6.07, 6.45) is 0.474. The number of hydrogen-bond acceptors (Lipinski definition) is 6. The number of aryl methyl sites for hydroxylation is 1. The van der Waals surface area contributed by atoms with Crippen LogP contribution < -0.4 is 5.32 Å². The molecule has 1 aliphatic heterocycles. The lowest BCUT2D eigenvalue weighted by Crippen LogP contribution is -2.46. The van der Waals surface area contributed by atoms with Crippen LogP contribution in [0, 0.1) is 6.92 Å². The van der Waals surface area contributed by atoms with Gasteiger partial charge in [-0.1, -0.05) is 29.4 Å². The first-order valence-corrected chi connectivity index (χ1v) is 10.3. The highest BCUT2D eigenvalue weighted by atomic mass is 32.2. The summed E-state index contributed by atoms with van der Waals surface area (Å²) >= 11 is 0. The van der Waals surface area contributed by atoms with Gasteiger partial charge in [-0.3, -0.25) is 0 Å². The fraction of sp³-hybridized carbons (Fsp3) is 0.471. The standard InChI is InChI=1S/C17H22N4O4S/c1-3-21(13-8-9-26(23,24)11-13)17(22)18-10-15-19-16(20-25-15)14-7-5-4-6-12(14)2/h4-7,13H,3,8-11H2,1-2H3,(H,18,22). The molecule has 1 atom stereocenters. The molecule has 26 heavy (non-hydrogen) atoms. The van der Waals surface area contributed by atoms with Crippen molar-refractivity contribution in [2.24, 2.45) is 0 Å². The molecule has 1 saturated heterocycles. The van der Waals surface area contributed by atoms with E-state index < -0.39 is 9.84 Å². The Bertz CT molecular complexity index is 894. The molecule has 0 spiro atoms. The van der Waals surface area contributed by atoms with E-state index in [0.717, 1.165) is 11.1 Å². The predicted molar refractivity (Wildman–Crippen MR) is 96.1 cm³/mol. The molecule has 1 aromatic heterocycles. The highest BCUT2D eigenvalue weighted by Gasteiger charge is 2.33. The fourth-order valence-electron chi connectivity index (χ4n) is 3.10. The summed E-state index contributed by atoms with van der Waals surface area (Å²) in [7, 11) is -3.05. The summed E-state index contributed by atoms with van der Waals surface area (Å²) in [6.45, 7) is 4.31. The number of rotatable bonds is 5. The van der Waals surface area contributed by atoms with Gasteiger partial charge in [-0.15, -0.1) is 0 Å². The molecule has 9 heteroatoms. The van der Waals surface area contributed by atoms with E-state index in [0.29, 0.717) is 24.7 Å². The van der Waals surface area contributed by atoms with Crippen LogP contribution in [0.5, 0.6) is 0 Å². The molecule has 0 saturated carbocycles. The lowest BCUT2D eigenvalue weighted by molar-refractivity contribution is 0.182. The second-order valence-electron chi connectivity index (χ2n) is 6.33. The Balaban J connectivity index is 1.62. The summed E-state index contributed by atoms with van der Waals surface area (Å²) < 4.78 is 28.5. The van der Waals surface area contributed by atoms with Crippen LogP contribution in [0.25, 0.3) is 11.4 Å². The third-order valence-corrected chi connectivity index (χ3v) is 6.25. The van der Waals surface area contributed by atoms with E-state index in [1.54, 1.807) is 4.90 Å². The lowest BCUT2D eigenvalue weighted by atomic mass is 10.1. The number of hydrogen-bond donors (Lipinski definition) is 1. The van der Waals surface area contributed by atoms with Gasteiger partial charge in [-0.25, -0.2) is 13.2 Å². The predicted octanol–water partition coefficient (Wildman–Crippen LogP) is 1.76. The van der Waals surface area contributed by atoms with E-state index in [2.05, 4.69) is 15.5 Å². The van der Waals surface area contributed by atoms with Crippen molar-refractivity contribution in [1.29, 1.82) is 0 Å². The maximum absolute atomic E-state index is 12.4. The van der Waals surface area contributed by atoms with E-state index in [9.17, 15) is 13.2 Å². The van der Waals surface area contributed by atoms with Gasteiger partial charge in [0.05, 0.1) is 18.1 Å². The Morgan fingerprint density at radius 3 is 2.81 bits per heavy atom. The lowest BCUT2D eigenvalue weighted by Gasteiger charge is -2.26. The van der Waals surface area contributed by atoms with Crippen molar-refractivity contribution in [3.63, 3.8) is 0 Å². The maximum Gasteiger partial charge on any atom is 0.318 e. The summed E-state index contributed by atoms with van der Waals surface area (Å²) in [4.78, 5) is 18.3. The molecule has 2 amide bonds. The van der Waals surface area contributed by atoms with E-state index in [4.69, 9.17) is 4.52 Å².